The maximum absolute atomic E-state index is 11.4. The van der Waals surface area contributed by atoms with Gasteiger partial charge in [0.25, 0.3) is 5.56 Å². The van der Waals surface area contributed by atoms with E-state index in [2.05, 4.69) is 22.2 Å². The lowest BCUT2D eigenvalue weighted by Crippen LogP contribution is -2.27. The first-order valence-electron chi connectivity index (χ1n) is 6.03. The molecule has 0 aliphatic carbocycles. The second-order valence-corrected chi connectivity index (χ2v) is 5.27. The van der Waals surface area contributed by atoms with Crippen LogP contribution in [0, 0.1) is 6.92 Å². The molecule has 1 aromatic rings. The lowest BCUT2D eigenvalue weighted by atomic mass is 10.3. The molecule has 0 aliphatic heterocycles. The number of carbonyl (C=O) groups is 1. The summed E-state index contributed by atoms with van der Waals surface area (Å²) in [7, 11) is 0. The van der Waals surface area contributed by atoms with Crippen LogP contribution in [0.2, 0.25) is 0 Å². The van der Waals surface area contributed by atoms with Crippen LogP contribution in [0.1, 0.15) is 24.9 Å². The van der Waals surface area contributed by atoms with Crippen molar-refractivity contribution in [1.82, 2.24) is 15.3 Å². The van der Waals surface area contributed by atoms with Crippen LogP contribution in [0.15, 0.2) is 10.9 Å². The maximum Gasteiger partial charge on any atom is 0.251 e. The summed E-state index contributed by atoms with van der Waals surface area (Å²) in [5.74, 6) is 2.54. The Labute approximate surface area is 111 Å². The predicted molar refractivity (Wildman–Crippen MR) is 73.9 cm³/mol. The number of nitrogens with one attached hydrogen (secondary N) is 2. The van der Waals surface area contributed by atoms with Gasteiger partial charge in [-0.3, -0.25) is 9.59 Å². The summed E-state index contributed by atoms with van der Waals surface area (Å²) >= 11 is 1.75. The third kappa shape index (κ3) is 5.86. The van der Waals surface area contributed by atoms with Gasteiger partial charge < -0.3 is 10.3 Å². The van der Waals surface area contributed by atoms with Crippen LogP contribution in [-0.2, 0) is 11.2 Å². The zero-order valence-electron chi connectivity index (χ0n) is 10.8. The van der Waals surface area contributed by atoms with Crippen molar-refractivity contribution in [3.63, 3.8) is 0 Å². The van der Waals surface area contributed by atoms with Crippen molar-refractivity contribution in [1.29, 1.82) is 0 Å². The predicted octanol–water partition coefficient (Wildman–Crippen LogP) is 0.880. The molecule has 1 rings (SSSR count). The highest BCUT2D eigenvalue weighted by Gasteiger charge is 2.02. The lowest BCUT2D eigenvalue weighted by Gasteiger charge is -2.05. The Balaban J connectivity index is 2.28. The minimum Gasteiger partial charge on any atom is -0.356 e. The van der Waals surface area contributed by atoms with Crippen LogP contribution >= 0.6 is 11.8 Å². The summed E-state index contributed by atoms with van der Waals surface area (Å²) in [5, 5.41) is 2.81. The summed E-state index contributed by atoms with van der Waals surface area (Å²) in [6.45, 7) is 4.35. The third-order valence-electron chi connectivity index (χ3n) is 2.28. The average molecular weight is 269 g/mol. The van der Waals surface area contributed by atoms with Gasteiger partial charge >= 0.3 is 0 Å². The SMILES string of the molecule is CCSCCC(=O)NCCc1nc(C)cc(=O)[nH]1. The van der Waals surface area contributed by atoms with Crippen molar-refractivity contribution >= 4 is 17.7 Å². The minimum atomic E-state index is -0.150. The monoisotopic (exact) mass is 269 g/mol. The summed E-state index contributed by atoms with van der Waals surface area (Å²) in [4.78, 5) is 29.5. The normalized spacial score (nSPS) is 10.3. The fourth-order valence-electron chi connectivity index (χ4n) is 1.48. The van der Waals surface area contributed by atoms with E-state index in [1.165, 1.54) is 6.07 Å². The molecule has 18 heavy (non-hydrogen) atoms. The van der Waals surface area contributed by atoms with Gasteiger partial charge in [0.2, 0.25) is 5.91 Å². The highest BCUT2D eigenvalue weighted by molar-refractivity contribution is 7.99. The summed E-state index contributed by atoms with van der Waals surface area (Å²) < 4.78 is 0. The Morgan fingerprint density at radius 1 is 1.56 bits per heavy atom. The second-order valence-electron chi connectivity index (χ2n) is 3.88. The van der Waals surface area contributed by atoms with Gasteiger partial charge in [-0.05, 0) is 12.7 Å². The van der Waals surface area contributed by atoms with Crippen molar-refractivity contribution in [2.45, 2.75) is 26.7 Å². The Kier molecular flexibility index (Phi) is 6.49. The topological polar surface area (TPSA) is 74.8 Å². The number of hydrogen-bond donors (Lipinski definition) is 2. The minimum absolute atomic E-state index is 0.0472. The molecule has 0 saturated heterocycles. The number of hydrogen-bond acceptors (Lipinski definition) is 4. The largest absolute Gasteiger partial charge is 0.356 e. The average Bonchev–Trinajstić information content (AvgIpc) is 2.28. The van der Waals surface area contributed by atoms with Crippen LogP contribution in [0.3, 0.4) is 0 Å². The van der Waals surface area contributed by atoms with E-state index in [-0.39, 0.29) is 11.5 Å². The number of amides is 1. The van der Waals surface area contributed by atoms with Crippen LogP contribution in [0.5, 0.6) is 0 Å². The smallest absolute Gasteiger partial charge is 0.251 e. The maximum atomic E-state index is 11.4. The second kappa shape index (κ2) is 7.92. The Bertz CT molecular complexity index is 445. The van der Waals surface area contributed by atoms with E-state index in [0.717, 1.165) is 11.5 Å². The van der Waals surface area contributed by atoms with E-state index < -0.39 is 0 Å². The fourth-order valence-corrected chi connectivity index (χ4v) is 2.10. The molecule has 100 valence electrons. The molecule has 0 radical (unpaired) electrons. The van der Waals surface area contributed by atoms with Gasteiger partial charge in [-0.25, -0.2) is 4.98 Å². The molecule has 2 N–H and O–H groups in total. The molecule has 6 heteroatoms. The lowest BCUT2D eigenvalue weighted by molar-refractivity contribution is -0.120. The number of aromatic amines is 1. The molecule has 1 amide bonds. The number of thioether (sulfide) groups is 1. The van der Waals surface area contributed by atoms with E-state index in [4.69, 9.17) is 0 Å². The number of aromatic nitrogens is 2. The molecule has 1 heterocycles. The molecular weight excluding hydrogens is 250 g/mol. The van der Waals surface area contributed by atoms with E-state index in [9.17, 15) is 9.59 Å². The quantitative estimate of drug-likeness (QED) is 0.721. The standard InChI is InChI=1S/C12H19N3O2S/c1-3-18-7-5-11(16)13-6-4-10-14-9(2)8-12(17)15-10/h8H,3-7H2,1-2H3,(H,13,16)(H,14,15,17). The third-order valence-corrected chi connectivity index (χ3v) is 3.18. The van der Waals surface area contributed by atoms with Gasteiger partial charge in [0.1, 0.15) is 5.82 Å². The van der Waals surface area contributed by atoms with E-state index >= 15 is 0 Å². The first-order valence-corrected chi connectivity index (χ1v) is 7.18. The summed E-state index contributed by atoms with van der Waals surface area (Å²) in [6.07, 6.45) is 1.08. The number of aryl methyl sites for hydroxylation is 1. The molecule has 0 saturated carbocycles. The van der Waals surface area contributed by atoms with Crippen molar-refractivity contribution in [2.24, 2.45) is 0 Å². The number of rotatable bonds is 7. The molecule has 1 aromatic heterocycles. The van der Waals surface area contributed by atoms with Gasteiger partial charge in [-0.1, -0.05) is 6.92 Å². The number of H-pyrrole nitrogens is 1. The summed E-state index contributed by atoms with van der Waals surface area (Å²) in [5.41, 5.74) is 0.544. The Hall–Kier alpha value is -1.30. The summed E-state index contributed by atoms with van der Waals surface area (Å²) in [6, 6.07) is 1.45. The molecule has 0 fully saturated rings. The van der Waals surface area contributed by atoms with Crippen molar-refractivity contribution in [3.05, 3.63) is 27.9 Å². The van der Waals surface area contributed by atoms with Crippen molar-refractivity contribution < 1.29 is 4.79 Å². The van der Waals surface area contributed by atoms with Crippen molar-refractivity contribution in [2.75, 3.05) is 18.1 Å². The Morgan fingerprint density at radius 3 is 3.00 bits per heavy atom. The van der Waals surface area contributed by atoms with Crippen molar-refractivity contribution in [3.8, 4) is 0 Å². The van der Waals surface area contributed by atoms with E-state index in [1.54, 1.807) is 18.7 Å². The molecule has 0 aliphatic rings. The van der Waals surface area contributed by atoms with Gasteiger partial charge in [0.05, 0.1) is 0 Å². The van der Waals surface area contributed by atoms with Crippen LogP contribution in [-0.4, -0.2) is 33.9 Å². The molecule has 0 spiro atoms. The molecular formula is C12H19N3O2S. The zero-order chi connectivity index (χ0) is 13.4. The fraction of sp³-hybridized carbons (Fsp3) is 0.583. The van der Waals surface area contributed by atoms with Gasteiger partial charge in [0, 0.05) is 36.9 Å². The molecule has 0 unspecified atom stereocenters. The van der Waals surface area contributed by atoms with Gasteiger partial charge in [-0.2, -0.15) is 11.8 Å². The molecule has 0 aromatic carbocycles. The van der Waals surface area contributed by atoms with E-state index in [0.29, 0.717) is 30.9 Å². The first-order chi connectivity index (χ1) is 8.61. The van der Waals surface area contributed by atoms with Crippen LogP contribution < -0.4 is 10.9 Å². The number of nitrogens with zero attached hydrogens (tertiary/aromatic N) is 1. The van der Waals surface area contributed by atoms with Gasteiger partial charge in [-0.15, -0.1) is 0 Å². The Morgan fingerprint density at radius 2 is 2.33 bits per heavy atom. The molecule has 0 atom stereocenters. The highest BCUT2D eigenvalue weighted by Crippen LogP contribution is 2.00. The van der Waals surface area contributed by atoms with Crippen LogP contribution in [0.4, 0.5) is 0 Å². The van der Waals surface area contributed by atoms with Crippen LogP contribution in [0.25, 0.3) is 0 Å². The molecule has 0 bridgehead atoms. The highest BCUT2D eigenvalue weighted by atomic mass is 32.2. The number of carbonyl (C=O) groups excluding carboxylic acids is 1. The van der Waals surface area contributed by atoms with E-state index in [1.807, 2.05) is 0 Å². The first kappa shape index (κ1) is 14.8. The van der Waals surface area contributed by atoms with Gasteiger partial charge in [0.15, 0.2) is 0 Å². The zero-order valence-corrected chi connectivity index (χ0v) is 11.6. The molecule has 5 nitrogen and oxygen atoms in total.